The smallest absolute Gasteiger partial charge is 0.318 e. The lowest BCUT2D eigenvalue weighted by molar-refractivity contribution is 0.168. The molecule has 0 aliphatic heterocycles. The Morgan fingerprint density at radius 3 is 2.67 bits per heavy atom. The van der Waals surface area contributed by atoms with Crippen molar-refractivity contribution in [2.75, 3.05) is 13.7 Å². The van der Waals surface area contributed by atoms with Crippen LogP contribution in [-0.2, 0) is 6.54 Å². The number of urea groups is 1. The van der Waals surface area contributed by atoms with Crippen LogP contribution in [0.5, 0.6) is 5.75 Å². The van der Waals surface area contributed by atoms with Crippen molar-refractivity contribution in [3.8, 4) is 5.75 Å². The van der Waals surface area contributed by atoms with Crippen molar-refractivity contribution in [3.63, 3.8) is 0 Å². The molecule has 0 spiro atoms. The van der Waals surface area contributed by atoms with Crippen molar-refractivity contribution in [1.29, 1.82) is 0 Å². The van der Waals surface area contributed by atoms with E-state index in [2.05, 4.69) is 18.8 Å². The van der Waals surface area contributed by atoms with Gasteiger partial charge < -0.3 is 15.0 Å². The number of ether oxygens (including phenoxy) is 1. The number of nitrogens with zero attached hydrogens (tertiary/aromatic N) is 1. The lowest BCUT2D eigenvalue weighted by Gasteiger charge is -2.29. The van der Waals surface area contributed by atoms with Gasteiger partial charge in [0.25, 0.3) is 0 Å². The van der Waals surface area contributed by atoms with E-state index in [4.69, 9.17) is 4.74 Å². The maximum atomic E-state index is 12.3. The zero-order valence-corrected chi connectivity index (χ0v) is 12.8. The van der Waals surface area contributed by atoms with Crippen molar-refractivity contribution in [3.05, 3.63) is 42.5 Å². The molecule has 2 rings (SSSR count). The Kier molecular flexibility index (Phi) is 5.26. The predicted molar refractivity (Wildman–Crippen MR) is 84.3 cm³/mol. The highest BCUT2D eigenvalue weighted by Crippen LogP contribution is 2.35. The summed E-state index contributed by atoms with van der Waals surface area (Å²) in [4.78, 5) is 14.3. The van der Waals surface area contributed by atoms with Gasteiger partial charge in [0, 0.05) is 19.1 Å². The first-order valence-electron chi connectivity index (χ1n) is 7.44. The second-order valence-electron chi connectivity index (χ2n) is 5.53. The maximum Gasteiger partial charge on any atom is 0.318 e. The fourth-order valence-corrected chi connectivity index (χ4v) is 2.42. The molecule has 1 aromatic carbocycles. The molecular formula is C17H24N2O2. The summed E-state index contributed by atoms with van der Waals surface area (Å²) in [7, 11) is 1.65. The summed E-state index contributed by atoms with van der Waals surface area (Å²) in [5, 5.41) is 2.88. The average Bonchev–Trinajstić information content (AvgIpc) is 3.35. The molecule has 1 fully saturated rings. The molecule has 0 unspecified atom stereocenters. The largest absolute Gasteiger partial charge is 0.497 e. The quantitative estimate of drug-likeness (QED) is 0.783. The van der Waals surface area contributed by atoms with Crippen molar-refractivity contribution in [2.45, 2.75) is 32.4 Å². The summed E-state index contributed by atoms with van der Waals surface area (Å²) in [5.41, 5.74) is 1.11. The van der Waals surface area contributed by atoms with Crippen LogP contribution in [0.3, 0.4) is 0 Å². The van der Waals surface area contributed by atoms with Gasteiger partial charge in [0.1, 0.15) is 5.75 Å². The van der Waals surface area contributed by atoms with Crippen LogP contribution in [0.4, 0.5) is 4.79 Å². The zero-order chi connectivity index (χ0) is 15.2. The molecule has 1 atom stereocenters. The maximum absolute atomic E-state index is 12.3. The highest BCUT2D eigenvalue weighted by molar-refractivity contribution is 5.74. The third-order valence-corrected chi connectivity index (χ3v) is 3.97. The highest BCUT2D eigenvalue weighted by atomic mass is 16.5. The van der Waals surface area contributed by atoms with Crippen LogP contribution in [0.25, 0.3) is 0 Å². The number of methoxy groups -OCH3 is 1. The molecule has 1 aromatic rings. The Labute approximate surface area is 126 Å². The van der Waals surface area contributed by atoms with Crippen LogP contribution in [-0.4, -0.2) is 30.6 Å². The van der Waals surface area contributed by atoms with E-state index in [0.29, 0.717) is 19.0 Å². The van der Waals surface area contributed by atoms with Crippen molar-refractivity contribution in [2.24, 2.45) is 5.92 Å². The summed E-state index contributed by atoms with van der Waals surface area (Å²) in [6.45, 7) is 6.88. The van der Waals surface area contributed by atoms with E-state index in [0.717, 1.165) is 11.3 Å². The standard InChI is InChI=1S/C17H24N2O2/c1-4-11-18-17(20)19(13(2)15-7-8-15)12-14-5-9-16(21-3)10-6-14/h4-6,9-10,13,15H,1,7-8,11-12H2,2-3H3,(H,18,20)/t13-/m1/s1. The van der Waals surface area contributed by atoms with E-state index in [1.165, 1.54) is 12.8 Å². The number of nitrogens with one attached hydrogen (secondary N) is 1. The van der Waals surface area contributed by atoms with Gasteiger partial charge >= 0.3 is 6.03 Å². The highest BCUT2D eigenvalue weighted by Gasteiger charge is 2.34. The number of amides is 2. The van der Waals surface area contributed by atoms with Crippen LogP contribution in [0, 0.1) is 5.92 Å². The van der Waals surface area contributed by atoms with Crippen molar-refractivity contribution >= 4 is 6.03 Å². The fourth-order valence-electron chi connectivity index (χ4n) is 2.42. The molecule has 1 aliphatic rings. The normalized spacial score (nSPS) is 15.1. The molecule has 1 N–H and O–H groups in total. The predicted octanol–water partition coefficient (Wildman–Crippen LogP) is 3.19. The van der Waals surface area contributed by atoms with Gasteiger partial charge in [0.05, 0.1) is 7.11 Å². The molecule has 1 aliphatic carbocycles. The van der Waals surface area contributed by atoms with E-state index >= 15 is 0 Å². The lowest BCUT2D eigenvalue weighted by Crippen LogP contribution is -2.45. The summed E-state index contributed by atoms with van der Waals surface area (Å²) in [6.07, 6.45) is 4.13. The Balaban J connectivity index is 2.06. The first-order chi connectivity index (χ1) is 10.2. The minimum atomic E-state index is -0.0230. The minimum Gasteiger partial charge on any atom is -0.497 e. The molecule has 0 bridgehead atoms. The molecule has 0 radical (unpaired) electrons. The number of carbonyl (C=O) groups is 1. The number of hydrogen-bond donors (Lipinski definition) is 1. The average molecular weight is 288 g/mol. The molecule has 0 saturated heterocycles. The van der Waals surface area contributed by atoms with Crippen LogP contribution in [0.15, 0.2) is 36.9 Å². The number of rotatable bonds is 7. The van der Waals surface area contributed by atoms with Crippen LogP contribution < -0.4 is 10.1 Å². The van der Waals surface area contributed by atoms with Gasteiger partial charge in [-0.3, -0.25) is 0 Å². The molecule has 0 heterocycles. The SMILES string of the molecule is C=CCNC(=O)N(Cc1ccc(OC)cc1)[C@H](C)C1CC1. The van der Waals surface area contributed by atoms with Crippen molar-refractivity contribution in [1.82, 2.24) is 10.2 Å². The Morgan fingerprint density at radius 1 is 1.48 bits per heavy atom. The van der Waals surface area contributed by atoms with E-state index < -0.39 is 0 Å². The first-order valence-corrected chi connectivity index (χ1v) is 7.44. The van der Waals surface area contributed by atoms with Gasteiger partial charge in [-0.15, -0.1) is 6.58 Å². The van der Waals surface area contributed by atoms with E-state index in [1.54, 1.807) is 13.2 Å². The topological polar surface area (TPSA) is 41.6 Å². The van der Waals surface area contributed by atoms with E-state index in [-0.39, 0.29) is 12.1 Å². The number of hydrogen-bond acceptors (Lipinski definition) is 2. The minimum absolute atomic E-state index is 0.0230. The third kappa shape index (κ3) is 4.25. The van der Waals surface area contributed by atoms with Crippen LogP contribution >= 0.6 is 0 Å². The summed E-state index contributed by atoms with van der Waals surface area (Å²) in [6, 6.07) is 8.11. The van der Waals surface area contributed by atoms with Gasteiger partial charge in [-0.2, -0.15) is 0 Å². The zero-order valence-electron chi connectivity index (χ0n) is 12.8. The molecule has 114 valence electrons. The van der Waals surface area contributed by atoms with Crippen LogP contribution in [0.1, 0.15) is 25.3 Å². The van der Waals surface area contributed by atoms with E-state index in [9.17, 15) is 4.79 Å². The number of benzene rings is 1. The molecular weight excluding hydrogens is 264 g/mol. The molecule has 4 nitrogen and oxygen atoms in total. The van der Waals surface area contributed by atoms with Gasteiger partial charge in [0.2, 0.25) is 0 Å². The van der Waals surface area contributed by atoms with Crippen LogP contribution in [0.2, 0.25) is 0 Å². The molecule has 4 heteroatoms. The monoisotopic (exact) mass is 288 g/mol. The van der Waals surface area contributed by atoms with E-state index in [1.807, 2.05) is 29.2 Å². The van der Waals surface area contributed by atoms with Gasteiger partial charge in [-0.1, -0.05) is 18.2 Å². The first kappa shape index (κ1) is 15.4. The Hall–Kier alpha value is -1.97. The second-order valence-corrected chi connectivity index (χ2v) is 5.53. The summed E-state index contributed by atoms with van der Waals surface area (Å²) in [5.74, 6) is 1.47. The summed E-state index contributed by atoms with van der Waals surface area (Å²) >= 11 is 0. The van der Waals surface area contributed by atoms with Gasteiger partial charge in [0.15, 0.2) is 0 Å². The molecule has 2 amide bonds. The Bertz CT molecular complexity index is 480. The molecule has 1 saturated carbocycles. The van der Waals surface area contributed by atoms with Gasteiger partial charge in [-0.25, -0.2) is 4.79 Å². The second kappa shape index (κ2) is 7.16. The number of carbonyl (C=O) groups excluding carboxylic acids is 1. The summed E-state index contributed by atoms with van der Waals surface area (Å²) < 4.78 is 5.17. The Morgan fingerprint density at radius 2 is 2.14 bits per heavy atom. The molecule has 21 heavy (non-hydrogen) atoms. The lowest BCUT2D eigenvalue weighted by atomic mass is 10.1. The molecule has 0 aromatic heterocycles. The van der Waals surface area contributed by atoms with Crippen molar-refractivity contribution < 1.29 is 9.53 Å². The fraction of sp³-hybridized carbons (Fsp3) is 0.471. The third-order valence-electron chi connectivity index (χ3n) is 3.97. The van der Waals surface area contributed by atoms with Gasteiger partial charge in [-0.05, 0) is 43.4 Å².